The summed E-state index contributed by atoms with van der Waals surface area (Å²) in [6.45, 7) is 3.64. The van der Waals surface area contributed by atoms with Crippen LogP contribution in [0.3, 0.4) is 0 Å². The Labute approximate surface area is 72.1 Å². The zero-order valence-electron chi connectivity index (χ0n) is 7.49. The van der Waals surface area contributed by atoms with Crippen molar-refractivity contribution < 1.29 is 19.7 Å². The van der Waals surface area contributed by atoms with E-state index in [1.54, 1.807) is 13.8 Å². The lowest BCUT2D eigenvalue weighted by atomic mass is 10.2. The Balaban J connectivity index is 2.28. The molecule has 4 nitrogen and oxygen atoms in total. The molecule has 2 N–H and O–H groups in total. The maximum Gasteiger partial charge on any atom is 0.160 e. The third-order valence-electron chi connectivity index (χ3n) is 1.70. The van der Waals surface area contributed by atoms with Crippen LogP contribution in [0, 0.1) is 0 Å². The summed E-state index contributed by atoms with van der Waals surface area (Å²) in [6.07, 6.45) is 0.431. The lowest BCUT2D eigenvalue weighted by Crippen LogP contribution is -2.30. The van der Waals surface area contributed by atoms with Crippen molar-refractivity contribution in [3.63, 3.8) is 0 Å². The molecule has 0 amide bonds. The number of hydrogen-bond donors (Lipinski definition) is 2. The number of hydrogen-bond acceptors (Lipinski definition) is 4. The van der Waals surface area contributed by atoms with Gasteiger partial charge in [0.1, 0.15) is 0 Å². The molecular formula is C8H16O4. The highest BCUT2D eigenvalue weighted by atomic mass is 16.6. The van der Waals surface area contributed by atoms with Gasteiger partial charge in [-0.1, -0.05) is 0 Å². The third-order valence-corrected chi connectivity index (χ3v) is 1.70. The number of ether oxygens (including phenoxy) is 2. The van der Waals surface area contributed by atoms with Gasteiger partial charge in [-0.25, -0.2) is 0 Å². The summed E-state index contributed by atoms with van der Waals surface area (Å²) in [7, 11) is 0. The second-order valence-electron chi connectivity index (χ2n) is 3.56. The Hall–Kier alpha value is -0.160. The number of aliphatic hydroxyl groups excluding tert-OH is 1. The maximum atomic E-state index is 9.30. The van der Waals surface area contributed by atoms with E-state index in [2.05, 4.69) is 0 Å². The summed E-state index contributed by atoms with van der Waals surface area (Å²) in [5.41, 5.74) is 0. The molecule has 1 fully saturated rings. The smallest absolute Gasteiger partial charge is 0.160 e. The molecule has 72 valence electrons. The van der Waals surface area contributed by atoms with Gasteiger partial charge in [-0.15, -0.1) is 0 Å². The first-order valence-corrected chi connectivity index (χ1v) is 4.14. The van der Waals surface area contributed by atoms with Crippen LogP contribution >= 0.6 is 0 Å². The predicted octanol–water partition coefficient (Wildman–Crippen LogP) is -0.119. The SMILES string of the molecule is CC(C)(O)O[C@@H]1CO[C@H](CO)C1. The van der Waals surface area contributed by atoms with Gasteiger partial charge in [0.05, 0.1) is 25.4 Å². The number of aliphatic hydroxyl groups is 2. The molecule has 0 radical (unpaired) electrons. The van der Waals surface area contributed by atoms with Crippen molar-refractivity contribution in [1.29, 1.82) is 0 Å². The molecule has 0 aromatic rings. The van der Waals surface area contributed by atoms with Gasteiger partial charge in [0.25, 0.3) is 0 Å². The van der Waals surface area contributed by atoms with Crippen LogP contribution in [-0.4, -0.2) is 41.4 Å². The largest absolute Gasteiger partial charge is 0.394 e. The van der Waals surface area contributed by atoms with E-state index in [9.17, 15) is 5.11 Å². The van der Waals surface area contributed by atoms with Crippen molar-refractivity contribution in [2.75, 3.05) is 13.2 Å². The standard InChI is InChI=1S/C8H16O4/c1-8(2,10)12-7-3-6(4-9)11-5-7/h6-7,9-10H,3-5H2,1-2H3/t6-,7-/m0/s1. The highest BCUT2D eigenvalue weighted by Gasteiger charge is 2.29. The second kappa shape index (κ2) is 3.70. The monoisotopic (exact) mass is 176 g/mol. The van der Waals surface area contributed by atoms with Crippen molar-refractivity contribution in [2.24, 2.45) is 0 Å². The van der Waals surface area contributed by atoms with Crippen LogP contribution in [0.15, 0.2) is 0 Å². The summed E-state index contributed by atoms with van der Waals surface area (Å²) in [4.78, 5) is 0. The van der Waals surface area contributed by atoms with Crippen LogP contribution in [0.4, 0.5) is 0 Å². The predicted molar refractivity (Wildman–Crippen MR) is 42.6 cm³/mol. The van der Waals surface area contributed by atoms with E-state index >= 15 is 0 Å². The van der Waals surface area contributed by atoms with Gasteiger partial charge in [-0.2, -0.15) is 0 Å². The third kappa shape index (κ3) is 3.06. The molecule has 12 heavy (non-hydrogen) atoms. The molecule has 1 aliphatic heterocycles. The van der Waals surface area contributed by atoms with E-state index in [0.29, 0.717) is 13.0 Å². The van der Waals surface area contributed by atoms with Crippen LogP contribution in [0.5, 0.6) is 0 Å². The van der Waals surface area contributed by atoms with E-state index in [-0.39, 0.29) is 18.8 Å². The van der Waals surface area contributed by atoms with Crippen LogP contribution in [0.1, 0.15) is 20.3 Å². The lowest BCUT2D eigenvalue weighted by Gasteiger charge is -2.22. The summed E-state index contributed by atoms with van der Waals surface area (Å²) in [5.74, 6) is -1.11. The van der Waals surface area contributed by atoms with E-state index in [0.717, 1.165) is 0 Å². The van der Waals surface area contributed by atoms with E-state index in [1.165, 1.54) is 0 Å². The zero-order valence-corrected chi connectivity index (χ0v) is 7.49. The molecule has 0 aromatic carbocycles. The molecule has 1 rings (SSSR count). The molecule has 0 aliphatic carbocycles. The van der Waals surface area contributed by atoms with Crippen molar-refractivity contribution in [1.82, 2.24) is 0 Å². The Morgan fingerprint density at radius 2 is 2.25 bits per heavy atom. The molecule has 0 spiro atoms. The average Bonchev–Trinajstić information content (AvgIpc) is 2.32. The first-order chi connectivity index (χ1) is 5.51. The molecule has 1 saturated heterocycles. The molecule has 0 aromatic heterocycles. The minimum Gasteiger partial charge on any atom is -0.394 e. The highest BCUT2D eigenvalue weighted by molar-refractivity contribution is 4.74. The Bertz CT molecular complexity index is 140. The zero-order chi connectivity index (χ0) is 9.19. The van der Waals surface area contributed by atoms with Crippen molar-refractivity contribution in [3.8, 4) is 0 Å². The summed E-state index contributed by atoms with van der Waals surface area (Å²) in [5, 5.41) is 18.0. The van der Waals surface area contributed by atoms with E-state index in [1.807, 2.05) is 0 Å². The molecule has 0 bridgehead atoms. The second-order valence-corrected chi connectivity index (χ2v) is 3.56. The normalized spacial score (nSPS) is 31.0. The lowest BCUT2D eigenvalue weighted by molar-refractivity contribution is -0.204. The Morgan fingerprint density at radius 1 is 1.58 bits per heavy atom. The van der Waals surface area contributed by atoms with Crippen LogP contribution in [-0.2, 0) is 9.47 Å². The first-order valence-electron chi connectivity index (χ1n) is 4.14. The fourth-order valence-corrected chi connectivity index (χ4v) is 1.29. The summed E-state index contributed by atoms with van der Waals surface area (Å²) < 4.78 is 10.4. The van der Waals surface area contributed by atoms with Gasteiger partial charge >= 0.3 is 0 Å². The van der Waals surface area contributed by atoms with Gasteiger partial charge in [0.15, 0.2) is 5.79 Å². The van der Waals surface area contributed by atoms with Gasteiger partial charge in [-0.05, 0) is 13.8 Å². The minimum atomic E-state index is -1.11. The average molecular weight is 176 g/mol. The molecular weight excluding hydrogens is 160 g/mol. The molecule has 0 unspecified atom stereocenters. The summed E-state index contributed by atoms with van der Waals surface area (Å²) in [6, 6.07) is 0. The van der Waals surface area contributed by atoms with Crippen LogP contribution in [0.25, 0.3) is 0 Å². The van der Waals surface area contributed by atoms with Crippen molar-refractivity contribution in [2.45, 2.75) is 38.3 Å². The van der Waals surface area contributed by atoms with Gasteiger partial charge in [-0.3, -0.25) is 0 Å². The van der Waals surface area contributed by atoms with Gasteiger partial charge in [0.2, 0.25) is 0 Å². The Kier molecular flexibility index (Phi) is 3.06. The van der Waals surface area contributed by atoms with Gasteiger partial charge < -0.3 is 19.7 Å². The first kappa shape index (κ1) is 9.92. The van der Waals surface area contributed by atoms with E-state index in [4.69, 9.17) is 14.6 Å². The number of rotatable bonds is 3. The molecule has 1 aliphatic rings. The summed E-state index contributed by atoms with van der Waals surface area (Å²) >= 11 is 0. The molecule has 1 heterocycles. The van der Waals surface area contributed by atoms with Crippen molar-refractivity contribution in [3.05, 3.63) is 0 Å². The highest BCUT2D eigenvalue weighted by Crippen LogP contribution is 2.19. The fourth-order valence-electron chi connectivity index (χ4n) is 1.29. The topological polar surface area (TPSA) is 58.9 Å². The van der Waals surface area contributed by atoms with Crippen molar-refractivity contribution >= 4 is 0 Å². The van der Waals surface area contributed by atoms with E-state index < -0.39 is 5.79 Å². The molecule has 4 heteroatoms. The fraction of sp³-hybridized carbons (Fsp3) is 1.00. The van der Waals surface area contributed by atoms with Crippen LogP contribution in [0.2, 0.25) is 0 Å². The van der Waals surface area contributed by atoms with Crippen LogP contribution < -0.4 is 0 Å². The minimum absolute atomic E-state index is 0.0196. The quantitative estimate of drug-likeness (QED) is 0.589. The van der Waals surface area contributed by atoms with Gasteiger partial charge in [0, 0.05) is 6.42 Å². The molecule has 0 saturated carbocycles. The maximum absolute atomic E-state index is 9.30. The Morgan fingerprint density at radius 3 is 2.67 bits per heavy atom. The molecule has 2 atom stereocenters.